The van der Waals surface area contributed by atoms with E-state index in [0.717, 1.165) is 28.7 Å². The molecule has 3 aromatic rings. The third kappa shape index (κ3) is 4.19. The molecule has 0 saturated carbocycles. The van der Waals surface area contributed by atoms with E-state index in [-0.39, 0.29) is 11.5 Å². The molecule has 1 aromatic heterocycles. The maximum Gasteiger partial charge on any atom is 0.282 e. The number of nitrogens with zero attached hydrogens (tertiary/aromatic N) is 4. The minimum Gasteiger partial charge on any atom is -0.372 e. The Morgan fingerprint density at radius 3 is 2.57 bits per heavy atom. The summed E-state index contributed by atoms with van der Waals surface area (Å²) >= 11 is 3.44. The number of aryl methyl sites for hydroxylation is 1. The Bertz CT molecular complexity index is 1160. The SMILES string of the molecule is Cc1cc(N2CCCCC2)ccc1C=Nn1c(C(C)C)nc2ccc(Br)cc2c1=O. The highest BCUT2D eigenvalue weighted by Crippen LogP contribution is 2.23. The van der Waals surface area contributed by atoms with Crippen LogP contribution in [0, 0.1) is 6.92 Å². The lowest BCUT2D eigenvalue weighted by Crippen LogP contribution is -2.29. The van der Waals surface area contributed by atoms with E-state index >= 15 is 0 Å². The van der Waals surface area contributed by atoms with Gasteiger partial charge in [0.15, 0.2) is 0 Å². The summed E-state index contributed by atoms with van der Waals surface area (Å²) in [7, 11) is 0. The molecule has 30 heavy (non-hydrogen) atoms. The summed E-state index contributed by atoms with van der Waals surface area (Å²) in [4.78, 5) is 20.3. The number of rotatable bonds is 4. The van der Waals surface area contributed by atoms with Crippen LogP contribution < -0.4 is 10.5 Å². The van der Waals surface area contributed by atoms with Crippen molar-refractivity contribution in [3.05, 3.63) is 68.2 Å². The molecule has 1 aliphatic rings. The number of anilines is 1. The number of hydrogen-bond acceptors (Lipinski definition) is 4. The predicted octanol–water partition coefficient (Wildman–Crippen LogP) is 5.46. The average Bonchev–Trinajstić information content (AvgIpc) is 2.74. The summed E-state index contributed by atoms with van der Waals surface area (Å²) in [6.07, 6.45) is 5.61. The summed E-state index contributed by atoms with van der Waals surface area (Å²) in [6.45, 7) is 8.39. The van der Waals surface area contributed by atoms with Gasteiger partial charge in [-0.25, -0.2) is 4.98 Å². The van der Waals surface area contributed by atoms with Crippen molar-refractivity contribution in [1.29, 1.82) is 0 Å². The van der Waals surface area contributed by atoms with Crippen molar-refractivity contribution in [3.8, 4) is 0 Å². The molecule has 6 heteroatoms. The maximum atomic E-state index is 13.2. The number of piperidine rings is 1. The lowest BCUT2D eigenvalue weighted by Gasteiger charge is -2.29. The largest absolute Gasteiger partial charge is 0.372 e. The normalized spacial score (nSPS) is 14.9. The molecule has 1 fully saturated rings. The van der Waals surface area contributed by atoms with Gasteiger partial charge in [0, 0.05) is 29.2 Å². The van der Waals surface area contributed by atoms with Crippen molar-refractivity contribution in [2.75, 3.05) is 18.0 Å². The van der Waals surface area contributed by atoms with Crippen LogP contribution >= 0.6 is 15.9 Å². The van der Waals surface area contributed by atoms with E-state index in [1.54, 1.807) is 12.3 Å². The van der Waals surface area contributed by atoms with Crippen molar-refractivity contribution in [1.82, 2.24) is 9.66 Å². The maximum absolute atomic E-state index is 13.2. The second kappa shape index (κ2) is 8.72. The van der Waals surface area contributed by atoms with Gasteiger partial charge in [-0.2, -0.15) is 9.78 Å². The van der Waals surface area contributed by atoms with Crippen LogP contribution in [0.2, 0.25) is 0 Å². The Morgan fingerprint density at radius 1 is 1.10 bits per heavy atom. The standard InChI is InChI=1S/C24H27BrN4O/c1-16(2)23-27-22-10-8-19(25)14-21(22)24(30)29(23)26-15-18-7-9-20(13-17(18)3)28-11-5-4-6-12-28/h7-10,13-16H,4-6,11-12H2,1-3H3. The Hall–Kier alpha value is -2.47. The van der Waals surface area contributed by atoms with E-state index < -0.39 is 0 Å². The molecule has 0 bridgehead atoms. The van der Waals surface area contributed by atoms with Crippen LogP contribution in [-0.2, 0) is 0 Å². The van der Waals surface area contributed by atoms with Gasteiger partial charge < -0.3 is 4.90 Å². The van der Waals surface area contributed by atoms with E-state index in [1.165, 1.54) is 29.6 Å². The summed E-state index contributed by atoms with van der Waals surface area (Å²) in [6, 6.07) is 12.0. The number of halogens is 1. The fraction of sp³-hybridized carbons (Fsp3) is 0.375. The Kier molecular flexibility index (Phi) is 6.04. The minimum absolute atomic E-state index is 0.0745. The van der Waals surface area contributed by atoms with Gasteiger partial charge in [-0.3, -0.25) is 4.79 Å². The van der Waals surface area contributed by atoms with Gasteiger partial charge in [0.25, 0.3) is 5.56 Å². The summed E-state index contributed by atoms with van der Waals surface area (Å²) in [5.74, 6) is 0.735. The van der Waals surface area contributed by atoms with Crippen LogP contribution in [0.1, 0.15) is 56.0 Å². The van der Waals surface area contributed by atoms with E-state index in [0.29, 0.717) is 16.7 Å². The van der Waals surface area contributed by atoms with Crippen LogP contribution in [0.25, 0.3) is 10.9 Å². The fourth-order valence-corrected chi connectivity index (χ4v) is 4.29. The molecule has 0 unspecified atom stereocenters. The lowest BCUT2D eigenvalue weighted by molar-refractivity contribution is 0.578. The van der Waals surface area contributed by atoms with Gasteiger partial charge in [-0.15, -0.1) is 0 Å². The van der Waals surface area contributed by atoms with Gasteiger partial charge in [0.1, 0.15) is 5.82 Å². The first kappa shape index (κ1) is 20.8. The molecule has 2 heterocycles. The van der Waals surface area contributed by atoms with E-state index in [4.69, 9.17) is 4.98 Å². The molecular weight excluding hydrogens is 440 g/mol. The molecule has 2 aromatic carbocycles. The fourth-order valence-electron chi connectivity index (χ4n) is 3.92. The second-order valence-corrected chi connectivity index (χ2v) is 9.15. The van der Waals surface area contributed by atoms with E-state index in [9.17, 15) is 4.79 Å². The van der Waals surface area contributed by atoms with E-state index in [2.05, 4.69) is 51.1 Å². The highest BCUT2D eigenvalue weighted by Gasteiger charge is 2.14. The molecule has 4 rings (SSSR count). The smallest absolute Gasteiger partial charge is 0.282 e. The molecule has 0 N–H and O–H groups in total. The van der Waals surface area contributed by atoms with Crippen molar-refractivity contribution in [2.45, 2.75) is 46.0 Å². The summed E-state index contributed by atoms with van der Waals surface area (Å²) < 4.78 is 2.29. The number of fused-ring (bicyclic) bond motifs is 1. The molecule has 0 spiro atoms. The molecule has 0 aliphatic carbocycles. The van der Waals surface area contributed by atoms with Gasteiger partial charge in [-0.1, -0.05) is 35.8 Å². The van der Waals surface area contributed by atoms with Crippen LogP contribution in [0.4, 0.5) is 5.69 Å². The Morgan fingerprint density at radius 2 is 1.87 bits per heavy atom. The molecule has 1 aliphatic heterocycles. The minimum atomic E-state index is -0.149. The first-order chi connectivity index (χ1) is 14.4. The third-order valence-corrected chi connectivity index (χ3v) is 6.13. The predicted molar refractivity (Wildman–Crippen MR) is 128 cm³/mol. The summed E-state index contributed by atoms with van der Waals surface area (Å²) in [5.41, 5.74) is 3.97. The van der Waals surface area contributed by atoms with Gasteiger partial charge in [0.05, 0.1) is 17.1 Å². The molecule has 1 saturated heterocycles. The monoisotopic (exact) mass is 466 g/mol. The van der Waals surface area contributed by atoms with Crippen LogP contribution in [0.15, 0.2) is 50.8 Å². The third-order valence-electron chi connectivity index (χ3n) is 5.64. The van der Waals surface area contributed by atoms with Crippen molar-refractivity contribution in [3.63, 3.8) is 0 Å². The molecule has 0 radical (unpaired) electrons. The number of benzene rings is 2. The van der Waals surface area contributed by atoms with Gasteiger partial charge >= 0.3 is 0 Å². The second-order valence-electron chi connectivity index (χ2n) is 8.24. The van der Waals surface area contributed by atoms with Crippen molar-refractivity contribution >= 4 is 38.7 Å². The van der Waals surface area contributed by atoms with Gasteiger partial charge in [0.2, 0.25) is 0 Å². The van der Waals surface area contributed by atoms with Crippen LogP contribution in [-0.4, -0.2) is 29.0 Å². The quantitative estimate of drug-likeness (QED) is 0.479. The Labute approximate surface area is 185 Å². The highest BCUT2D eigenvalue weighted by atomic mass is 79.9. The zero-order valence-electron chi connectivity index (χ0n) is 17.7. The molecule has 156 valence electrons. The number of aromatic nitrogens is 2. The van der Waals surface area contributed by atoms with Crippen LogP contribution in [0.3, 0.4) is 0 Å². The molecule has 0 atom stereocenters. The lowest BCUT2D eigenvalue weighted by atomic mass is 10.1. The average molecular weight is 467 g/mol. The van der Waals surface area contributed by atoms with Crippen LogP contribution in [0.5, 0.6) is 0 Å². The van der Waals surface area contributed by atoms with Gasteiger partial charge in [-0.05, 0) is 67.6 Å². The molecule has 5 nitrogen and oxygen atoms in total. The van der Waals surface area contributed by atoms with Crippen molar-refractivity contribution < 1.29 is 0 Å². The summed E-state index contributed by atoms with van der Waals surface area (Å²) in [5, 5.41) is 5.13. The first-order valence-electron chi connectivity index (χ1n) is 10.6. The zero-order valence-corrected chi connectivity index (χ0v) is 19.3. The molecular formula is C24H27BrN4O. The Balaban J connectivity index is 1.72. The molecule has 0 amide bonds. The highest BCUT2D eigenvalue weighted by molar-refractivity contribution is 9.10. The van der Waals surface area contributed by atoms with Crippen molar-refractivity contribution in [2.24, 2.45) is 5.10 Å². The first-order valence-corrected chi connectivity index (χ1v) is 11.4. The topological polar surface area (TPSA) is 50.5 Å². The zero-order chi connectivity index (χ0) is 21.3. The number of hydrogen-bond donors (Lipinski definition) is 0. The van der Waals surface area contributed by atoms with E-state index in [1.807, 2.05) is 26.0 Å².